The third-order valence-corrected chi connectivity index (χ3v) is 4.59. The van der Waals surface area contributed by atoms with Gasteiger partial charge in [0.1, 0.15) is 0 Å². The van der Waals surface area contributed by atoms with Crippen molar-refractivity contribution in [2.75, 3.05) is 12.4 Å². The van der Waals surface area contributed by atoms with Crippen molar-refractivity contribution in [2.24, 2.45) is 0 Å². The summed E-state index contributed by atoms with van der Waals surface area (Å²) in [6, 6.07) is 4.54. The average molecular weight is 301 g/mol. The molecule has 0 bridgehead atoms. The largest absolute Gasteiger partial charge is 0.394 e. The standard InChI is InChI=1S/C15H21F2NOS/c1-15(10-19,18-11-3-4-11)7-2-8-20-12-5-6-13(16)14(17)9-12/h5-6,9,11,18-19H,2-4,7-8,10H2,1H3. The molecule has 2 rings (SSSR count). The van der Waals surface area contributed by atoms with E-state index in [2.05, 4.69) is 5.32 Å². The van der Waals surface area contributed by atoms with E-state index in [9.17, 15) is 13.9 Å². The predicted molar refractivity (Wildman–Crippen MR) is 78.0 cm³/mol. The minimum atomic E-state index is -0.809. The van der Waals surface area contributed by atoms with Crippen molar-refractivity contribution in [3.63, 3.8) is 0 Å². The lowest BCUT2D eigenvalue weighted by atomic mass is 9.97. The zero-order valence-corrected chi connectivity index (χ0v) is 12.5. The Bertz CT molecular complexity index is 453. The molecule has 0 spiro atoms. The van der Waals surface area contributed by atoms with Gasteiger partial charge in [-0.15, -0.1) is 11.8 Å². The van der Waals surface area contributed by atoms with Gasteiger partial charge in [-0.3, -0.25) is 0 Å². The highest BCUT2D eigenvalue weighted by molar-refractivity contribution is 7.99. The topological polar surface area (TPSA) is 32.3 Å². The van der Waals surface area contributed by atoms with Crippen LogP contribution in [0.4, 0.5) is 8.78 Å². The molecule has 1 atom stereocenters. The summed E-state index contributed by atoms with van der Waals surface area (Å²) in [5.41, 5.74) is -0.226. The molecule has 0 radical (unpaired) electrons. The summed E-state index contributed by atoms with van der Waals surface area (Å²) in [4.78, 5) is 0.741. The molecule has 1 aliphatic rings. The van der Waals surface area contributed by atoms with Crippen LogP contribution in [-0.4, -0.2) is 29.0 Å². The first-order valence-electron chi connectivity index (χ1n) is 6.99. The van der Waals surface area contributed by atoms with Crippen molar-refractivity contribution in [3.05, 3.63) is 29.8 Å². The second-order valence-corrected chi connectivity index (χ2v) is 6.83. The Morgan fingerprint density at radius 1 is 1.35 bits per heavy atom. The van der Waals surface area contributed by atoms with E-state index in [-0.39, 0.29) is 12.1 Å². The maximum Gasteiger partial charge on any atom is 0.159 e. The summed E-state index contributed by atoms with van der Waals surface area (Å²) < 4.78 is 25.8. The SMILES string of the molecule is CC(CO)(CCCSc1ccc(F)c(F)c1)NC1CC1. The van der Waals surface area contributed by atoms with Gasteiger partial charge in [0.2, 0.25) is 0 Å². The first kappa shape index (κ1) is 15.7. The maximum atomic E-state index is 13.1. The van der Waals surface area contributed by atoms with Crippen LogP contribution in [-0.2, 0) is 0 Å². The Morgan fingerprint density at radius 3 is 2.70 bits per heavy atom. The summed E-state index contributed by atoms with van der Waals surface area (Å²) in [5.74, 6) is -0.783. The number of rotatable bonds is 8. The Kier molecular flexibility index (Phi) is 5.41. The van der Waals surface area contributed by atoms with Gasteiger partial charge in [0.15, 0.2) is 11.6 Å². The molecule has 0 aliphatic heterocycles. The summed E-state index contributed by atoms with van der Waals surface area (Å²) in [6.45, 7) is 2.16. The molecule has 5 heteroatoms. The van der Waals surface area contributed by atoms with E-state index in [0.29, 0.717) is 6.04 Å². The van der Waals surface area contributed by atoms with Crippen molar-refractivity contribution in [2.45, 2.75) is 49.1 Å². The molecule has 1 saturated carbocycles. The lowest BCUT2D eigenvalue weighted by Crippen LogP contribution is -2.46. The summed E-state index contributed by atoms with van der Waals surface area (Å²) in [5, 5.41) is 12.9. The minimum Gasteiger partial charge on any atom is -0.394 e. The Morgan fingerprint density at radius 2 is 2.10 bits per heavy atom. The average Bonchev–Trinajstić information content (AvgIpc) is 3.22. The van der Waals surface area contributed by atoms with E-state index in [0.717, 1.165) is 29.6 Å². The Balaban J connectivity index is 1.73. The number of hydrogen-bond acceptors (Lipinski definition) is 3. The minimum absolute atomic E-state index is 0.124. The molecule has 1 fully saturated rings. The zero-order chi connectivity index (χ0) is 14.6. The molecule has 2 N–H and O–H groups in total. The number of hydrogen-bond donors (Lipinski definition) is 2. The number of aliphatic hydroxyl groups is 1. The fourth-order valence-electron chi connectivity index (χ4n) is 2.14. The maximum absolute atomic E-state index is 13.1. The van der Waals surface area contributed by atoms with E-state index in [1.807, 2.05) is 6.92 Å². The number of thioether (sulfide) groups is 1. The van der Waals surface area contributed by atoms with Gasteiger partial charge in [0, 0.05) is 16.5 Å². The van der Waals surface area contributed by atoms with Crippen molar-refractivity contribution < 1.29 is 13.9 Å². The molecular formula is C15H21F2NOS. The van der Waals surface area contributed by atoms with Crippen molar-refractivity contribution in [3.8, 4) is 0 Å². The third kappa shape index (κ3) is 4.72. The summed E-state index contributed by atoms with van der Waals surface area (Å²) >= 11 is 1.51. The number of aliphatic hydroxyl groups excluding tert-OH is 1. The van der Waals surface area contributed by atoms with Crippen LogP contribution in [0.2, 0.25) is 0 Å². The molecule has 0 heterocycles. The Hall–Kier alpha value is -0.650. The first-order chi connectivity index (χ1) is 9.52. The normalized spacial score (nSPS) is 18.0. The fourth-order valence-corrected chi connectivity index (χ4v) is 3.01. The van der Waals surface area contributed by atoms with Gasteiger partial charge in [-0.25, -0.2) is 8.78 Å². The highest BCUT2D eigenvalue weighted by Crippen LogP contribution is 2.26. The van der Waals surface area contributed by atoms with Crippen LogP contribution in [0.3, 0.4) is 0 Å². The highest BCUT2D eigenvalue weighted by Gasteiger charge is 2.31. The van der Waals surface area contributed by atoms with Crippen LogP contribution in [0.25, 0.3) is 0 Å². The van der Waals surface area contributed by atoms with Gasteiger partial charge < -0.3 is 10.4 Å². The molecular weight excluding hydrogens is 280 g/mol. The van der Waals surface area contributed by atoms with E-state index in [1.54, 1.807) is 6.07 Å². The molecule has 1 aliphatic carbocycles. The molecule has 112 valence electrons. The van der Waals surface area contributed by atoms with E-state index in [4.69, 9.17) is 0 Å². The van der Waals surface area contributed by atoms with Crippen molar-refractivity contribution in [1.29, 1.82) is 0 Å². The fraction of sp³-hybridized carbons (Fsp3) is 0.600. The number of halogens is 2. The van der Waals surface area contributed by atoms with Crippen LogP contribution in [0.1, 0.15) is 32.6 Å². The molecule has 1 aromatic rings. The predicted octanol–water partition coefficient (Wildman–Crippen LogP) is 3.34. The van der Waals surface area contributed by atoms with E-state index in [1.165, 1.54) is 30.7 Å². The van der Waals surface area contributed by atoms with Gasteiger partial charge >= 0.3 is 0 Å². The molecule has 20 heavy (non-hydrogen) atoms. The zero-order valence-electron chi connectivity index (χ0n) is 11.7. The van der Waals surface area contributed by atoms with Crippen LogP contribution in [0, 0.1) is 11.6 Å². The molecule has 0 aromatic heterocycles. The smallest absolute Gasteiger partial charge is 0.159 e. The highest BCUT2D eigenvalue weighted by atomic mass is 32.2. The quantitative estimate of drug-likeness (QED) is 0.570. The first-order valence-corrected chi connectivity index (χ1v) is 7.97. The summed E-state index contributed by atoms with van der Waals surface area (Å²) in [6.07, 6.45) is 4.18. The van der Waals surface area contributed by atoms with Crippen LogP contribution < -0.4 is 5.32 Å². The molecule has 0 amide bonds. The lowest BCUT2D eigenvalue weighted by molar-refractivity contribution is 0.163. The van der Waals surface area contributed by atoms with Gasteiger partial charge in [0.05, 0.1) is 6.61 Å². The number of benzene rings is 1. The van der Waals surface area contributed by atoms with Gasteiger partial charge in [-0.2, -0.15) is 0 Å². The third-order valence-electron chi connectivity index (χ3n) is 3.51. The van der Waals surface area contributed by atoms with Crippen LogP contribution >= 0.6 is 11.8 Å². The van der Waals surface area contributed by atoms with Crippen LogP contribution in [0.5, 0.6) is 0 Å². The monoisotopic (exact) mass is 301 g/mol. The second kappa shape index (κ2) is 6.87. The summed E-state index contributed by atoms with van der Waals surface area (Å²) in [7, 11) is 0. The van der Waals surface area contributed by atoms with Crippen molar-refractivity contribution >= 4 is 11.8 Å². The van der Waals surface area contributed by atoms with Gasteiger partial charge in [0.25, 0.3) is 0 Å². The Labute approximate surface area is 123 Å². The molecule has 2 nitrogen and oxygen atoms in total. The van der Waals surface area contributed by atoms with Gasteiger partial charge in [-0.05, 0) is 56.6 Å². The van der Waals surface area contributed by atoms with Crippen molar-refractivity contribution in [1.82, 2.24) is 5.32 Å². The van der Waals surface area contributed by atoms with Crippen LogP contribution in [0.15, 0.2) is 23.1 Å². The van der Waals surface area contributed by atoms with E-state index < -0.39 is 11.6 Å². The van der Waals surface area contributed by atoms with E-state index >= 15 is 0 Å². The second-order valence-electron chi connectivity index (χ2n) is 5.67. The molecule has 1 unspecified atom stereocenters. The lowest BCUT2D eigenvalue weighted by Gasteiger charge is -2.29. The van der Waals surface area contributed by atoms with Gasteiger partial charge in [-0.1, -0.05) is 0 Å². The molecule has 1 aromatic carbocycles. The molecule has 0 saturated heterocycles. The number of nitrogens with one attached hydrogen (secondary N) is 1.